The van der Waals surface area contributed by atoms with Gasteiger partial charge < -0.3 is 4.42 Å². The zero-order valence-corrected chi connectivity index (χ0v) is 12.2. The highest BCUT2D eigenvalue weighted by Gasteiger charge is 2.29. The third-order valence-electron chi connectivity index (χ3n) is 4.22. The lowest BCUT2D eigenvalue weighted by molar-refractivity contribution is 0.103. The van der Waals surface area contributed by atoms with Crippen molar-refractivity contribution in [3.05, 3.63) is 83.1 Å². The lowest BCUT2D eigenvalue weighted by Gasteiger charge is -2.05. The summed E-state index contributed by atoms with van der Waals surface area (Å²) in [6.07, 6.45) is 2.93. The number of carbonyl (C=O) groups is 1. The summed E-state index contributed by atoms with van der Waals surface area (Å²) < 4.78 is 6.07. The molecule has 2 heteroatoms. The number of carbonyl (C=O) groups excluding carboxylic acids is 1. The molecule has 0 amide bonds. The van der Waals surface area contributed by atoms with Gasteiger partial charge in [-0.25, -0.2) is 0 Å². The molecule has 1 aliphatic carbocycles. The summed E-state index contributed by atoms with van der Waals surface area (Å²) in [6.45, 7) is 0. The van der Waals surface area contributed by atoms with Crippen LogP contribution in [0.3, 0.4) is 0 Å². The van der Waals surface area contributed by atoms with Gasteiger partial charge in [0.2, 0.25) is 0 Å². The SMILES string of the molecule is O=C(c1ccccc1)c1c(-c2ccccc2)oc2c1CCC2. The molecule has 108 valence electrons. The van der Waals surface area contributed by atoms with E-state index in [2.05, 4.69) is 0 Å². The zero-order valence-electron chi connectivity index (χ0n) is 12.2. The van der Waals surface area contributed by atoms with E-state index in [0.29, 0.717) is 0 Å². The molecule has 0 atom stereocenters. The van der Waals surface area contributed by atoms with Crippen LogP contribution in [0.25, 0.3) is 11.3 Å². The fourth-order valence-corrected chi connectivity index (χ4v) is 3.17. The van der Waals surface area contributed by atoms with E-state index in [-0.39, 0.29) is 5.78 Å². The van der Waals surface area contributed by atoms with E-state index in [1.165, 1.54) is 0 Å². The van der Waals surface area contributed by atoms with Gasteiger partial charge in [0.05, 0.1) is 5.56 Å². The fourth-order valence-electron chi connectivity index (χ4n) is 3.17. The minimum Gasteiger partial charge on any atom is -0.460 e. The number of hydrogen-bond acceptors (Lipinski definition) is 2. The van der Waals surface area contributed by atoms with E-state index < -0.39 is 0 Å². The Bertz CT molecular complexity index is 814. The maximum Gasteiger partial charge on any atom is 0.197 e. The summed E-state index contributed by atoms with van der Waals surface area (Å²) in [5.74, 6) is 1.77. The highest BCUT2D eigenvalue weighted by Crippen LogP contribution is 2.37. The first-order valence-corrected chi connectivity index (χ1v) is 7.64. The molecule has 2 aromatic carbocycles. The molecule has 2 nitrogen and oxygen atoms in total. The Morgan fingerprint density at radius 1 is 0.864 bits per heavy atom. The summed E-state index contributed by atoms with van der Waals surface area (Å²) in [4.78, 5) is 13.0. The van der Waals surface area contributed by atoms with Gasteiger partial charge in [0, 0.05) is 23.1 Å². The largest absolute Gasteiger partial charge is 0.460 e. The summed E-state index contributed by atoms with van der Waals surface area (Å²) in [5.41, 5.74) is 3.55. The molecule has 1 heterocycles. The molecule has 0 bridgehead atoms. The van der Waals surface area contributed by atoms with E-state index in [0.717, 1.165) is 53.0 Å². The first-order valence-electron chi connectivity index (χ1n) is 7.64. The number of hydrogen-bond donors (Lipinski definition) is 0. The van der Waals surface area contributed by atoms with E-state index in [1.807, 2.05) is 60.7 Å². The number of benzene rings is 2. The molecule has 0 saturated carbocycles. The van der Waals surface area contributed by atoms with Crippen LogP contribution in [0.4, 0.5) is 0 Å². The van der Waals surface area contributed by atoms with Gasteiger partial charge in [0.15, 0.2) is 5.78 Å². The van der Waals surface area contributed by atoms with Crippen molar-refractivity contribution in [3.8, 4) is 11.3 Å². The fraction of sp³-hybridized carbons (Fsp3) is 0.150. The van der Waals surface area contributed by atoms with Crippen molar-refractivity contribution in [2.45, 2.75) is 19.3 Å². The molecule has 0 aliphatic heterocycles. The van der Waals surface area contributed by atoms with E-state index in [4.69, 9.17) is 4.42 Å². The number of rotatable bonds is 3. The van der Waals surface area contributed by atoms with Crippen LogP contribution in [0.2, 0.25) is 0 Å². The highest BCUT2D eigenvalue weighted by molar-refractivity contribution is 6.13. The van der Waals surface area contributed by atoms with Crippen molar-refractivity contribution >= 4 is 5.78 Å². The van der Waals surface area contributed by atoms with E-state index in [1.54, 1.807) is 0 Å². The minimum atomic E-state index is 0.0614. The first-order chi connectivity index (χ1) is 10.8. The van der Waals surface area contributed by atoms with E-state index in [9.17, 15) is 4.79 Å². The first kappa shape index (κ1) is 13.1. The molecule has 0 N–H and O–H groups in total. The second-order valence-corrected chi connectivity index (χ2v) is 5.62. The molecule has 4 rings (SSSR count). The molecule has 0 fully saturated rings. The molecule has 1 aliphatic rings. The average Bonchev–Trinajstić information content (AvgIpc) is 3.16. The van der Waals surface area contributed by atoms with Crippen LogP contribution in [0.1, 0.15) is 33.7 Å². The monoisotopic (exact) mass is 288 g/mol. The highest BCUT2D eigenvalue weighted by atomic mass is 16.3. The van der Waals surface area contributed by atoms with Crippen LogP contribution in [0, 0.1) is 0 Å². The molecule has 0 saturated heterocycles. The lowest BCUT2D eigenvalue weighted by Crippen LogP contribution is -2.04. The predicted molar refractivity (Wildman–Crippen MR) is 86.0 cm³/mol. The number of fused-ring (bicyclic) bond motifs is 1. The van der Waals surface area contributed by atoms with Crippen molar-refractivity contribution in [3.63, 3.8) is 0 Å². The van der Waals surface area contributed by atoms with Gasteiger partial charge in [-0.3, -0.25) is 4.79 Å². The Morgan fingerprint density at radius 3 is 2.27 bits per heavy atom. The Labute approximate surface area is 129 Å². The van der Waals surface area contributed by atoms with Gasteiger partial charge in [-0.1, -0.05) is 60.7 Å². The summed E-state index contributed by atoms with van der Waals surface area (Å²) in [7, 11) is 0. The maximum absolute atomic E-state index is 13.0. The van der Waals surface area contributed by atoms with Crippen molar-refractivity contribution in [1.82, 2.24) is 0 Å². The van der Waals surface area contributed by atoms with Gasteiger partial charge in [-0.15, -0.1) is 0 Å². The minimum absolute atomic E-state index is 0.0614. The average molecular weight is 288 g/mol. The molecule has 3 aromatic rings. The third kappa shape index (κ3) is 2.08. The van der Waals surface area contributed by atoms with Crippen LogP contribution in [0.5, 0.6) is 0 Å². The lowest BCUT2D eigenvalue weighted by atomic mass is 9.96. The van der Waals surface area contributed by atoms with Crippen LogP contribution in [0.15, 0.2) is 65.1 Å². The Morgan fingerprint density at radius 2 is 1.55 bits per heavy atom. The topological polar surface area (TPSA) is 30.2 Å². The number of furan rings is 1. The maximum atomic E-state index is 13.0. The number of ketones is 1. The van der Waals surface area contributed by atoms with Crippen molar-refractivity contribution in [2.24, 2.45) is 0 Å². The number of aryl methyl sites for hydroxylation is 1. The normalized spacial score (nSPS) is 13.1. The quantitative estimate of drug-likeness (QED) is 0.656. The third-order valence-corrected chi connectivity index (χ3v) is 4.22. The predicted octanol–water partition coefficient (Wildman–Crippen LogP) is 4.67. The Kier molecular flexibility index (Phi) is 3.15. The van der Waals surface area contributed by atoms with Gasteiger partial charge in [0.25, 0.3) is 0 Å². The van der Waals surface area contributed by atoms with Crippen LogP contribution >= 0.6 is 0 Å². The second kappa shape index (κ2) is 5.30. The molecular formula is C20H16O2. The van der Waals surface area contributed by atoms with Gasteiger partial charge in [-0.05, 0) is 12.8 Å². The van der Waals surface area contributed by atoms with Crippen molar-refractivity contribution in [2.75, 3.05) is 0 Å². The van der Waals surface area contributed by atoms with Crippen molar-refractivity contribution in [1.29, 1.82) is 0 Å². The zero-order chi connectivity index (χ0) is 14.9. The standard InChI is InChI=1S/C20H16O2/c21-19(14-8-3-1-4-9-14)18-16-12-7-13-17(16)22-20(18)15-10-5-2-6-11-15/h1-6,8-11H,7,12-13H2. The Balaban J connectivity index is 1.89. The van der Waals surface area contributed by atoms with Crippen molar-refractivity contribution < 1.29 is 9.21 Å². The van der Waals surface area contributed by atoms with Crippen LogP contribution in [-0.2, 0) is 12.8 Å². The summed E-state index contributed by atoms with van der Waals surface area (Å²) >= 11 is 0. The molecule has 0 radical (unpaired) electrons. The molecule has 22 heavy (non-hydrogen) atoms. The summed E-state index contributed by atoms with van der Waals surface area (Å²) in [5, 5.41) is 0. The summed E-state index contributed by atoms with van der Waals surface area (Å²) in [6, 6.07) is 19.4. The second-order valence-electron chi connectivity index (χ2n) is 5.62. The van der Waals surface area contributed by atoms with Gasteiger partial charge in [-0.2, -0.15) is 0 Å². The van der Waals surface area contributed by atoms with Crippen LogP contribution < -0.4 is 0 Å². The smallest absolute Gasteiger partial charge is 0.197 e. The van der Waals surface area contributed by atoms with Gasteiger partial charge in [0.1, 0.15) is 11.5 Å². The molecule has 0 unspecified atom stereocenters. The van der Waals surface area contributed by atoms with Crippen LogP contribution in [-0.4, -0.2) is 5.78 Å². The van der Waals surface area contributed by atoms with E-state index >= 15 is 0 Å². The molecule has 0 spiro atoms. The molecule has 1 aromatic heterocycles. The Hall–Kier alpha value is -2.61. The molecular weight excluding hydrogens is 272 g/mol. The van der Waals surface area contributed by atoms with Gasteiger partial charge >= 0.3 is 0 Å².